The zero-order valence-electron chi connectivity index (χ0n) is 14.3. The topological polar surface area (TPSA) is 75.6 Å². The monoisotopic (exact) mass is 365 g/mol. The van der Waals surface area contributed by atoms with Gasteiger partial charge in [-0.2, -0.15) is 0 Å². The van der Waals surface area contributed by atoms with Crippen LogP contribution in [-0.2, 0) is 9.53 Å². The van der Waals surface area contributed by atoms with Crippen LogP contribution >= 0.6 is 11.3 Å². The Hall–Kier alpha value is -1.99. The Morgan fingerprint density at radius 1 is 1.40 bits per heavy atom. The third-order valence-corrected chi connectivity index (χ3v) is 6.27. The molecule has 2 atom stereocenters. The first kappa shape index (κ1) is 17.8. The van der Waals surface area contributed by atoms with E-state index >= 15 is 0 Å². The largest absolute Gasteiger partial charge is 0.479 e. The minimum Gasteiger partial charge on any atom is -0.479 e. The number of rotatable bonds is 5. The van der Waals surface area contributed by atoms with Gasteiger partial charge in [0.2, 0.25) is 0 Å². The average Bonchev–Trinajstić information content (AvgIpc) is 2.96. The molecule has 1 amide bonds. The van der Waals surface area contributed by atoms with E-state index in [0.717, 1.165) is 4.70 Å². The first-order chi connectivity index (χ1) is 11.7. The van der Waals surface area contributed by atoms with Crippen LogP contribution in [0.4, 0.5) is 4.39 Å². The van der Waals surface area contributed by atoms with Crippen molar-refractivity contribution < 1.29 is 23.8 Å². The van der Waals surface area contributed by atoms with E-state index < -0.39 is 22.8 Å². The molecule has 1 fully saturated rings. The Balaban J connectivity index is 1.87. The van der Waals surface area contributed by atoms with Gasteiger partial charge in [0.25, 0.3) is 5.91 Å². The van der Waals surface area contributed by atoms with E-state index in [-0.39, 0.29) is 18.3 Å². The van der Waals surface area contributed by atoms with Crippen LogP contribution in [0.15, 0.2) is 24.3 Å². The molecule has 3 rings (SSSR count). The van der Waals surface area contributed by atoms with E-state index in [9.17, 15) is 19.1 Å². The van der Waals surface area contributed by atoms with Gasteiger partial charge >= 0.3 is 5.97 Å². The van der Waals surface area contributed by atoms with Crippen LogP contribution in [0.25, 0.3) is 10.1 Å². The Morgan fingerprint density at radius 3 is 2.72 bits per heavy atom. The van der Waals surface area contributed by atoms with Crippen molar-refractivity contribution in [1.29, 1.82) is 0 Å². The van der Waals surface area contributed by atoms with E-state index in [4.69, 9.17) is 4.74 Å². The van der Waals surface area contributed by atoms with Crippen LogP contribution in [0.5, 0.6) is 0 Å². The summed E-state index contributed by atoms with van der Waals surface area (Å²) in [7, 11) is 0. The molecule has 0 saturated heterocycles. The highest BCUT2D eigenvalue weighted by Gasteiger charge is 2.66. The summed E-state index contributed by atoms with van der Waals surface area (Å²) in [4.78, 5) is 25.0. The van der Waals surface area contributed by atoms with E-state index in [1.165, 1.54) is 23.5 Å². The molecule has 0 bridgehead atoms. The van der Waals surface area contributed by atoms with Crippen molar-refractivity contribution in [3.05, 3.63) is 35.0 Å². The molecule has 1 heterocycles. The van der Waals surface area contributed by atoms with Crippen molar-refractivity contribution in [1.82, 2.24) is 5.32 Å². The third-order valence-electron chi connectivity index (χ3n) is 5.16. The number of amides is 1. The minimum absolute atomic E-state index is 0.217. The van der Waals surface area contributed by atoms with Crippen molar-refractivity contribution in [3.8, 4) is 0 Å². The number of aliphatic carboxylic acids is 1. The lowest BCUT2D eigenvalue weighted by Gasteiger charge is -2.58. The highest BCUT2D eigenvalue weighted by molar-refractivity contribution is 7.20. The molecule has 2 aromatic rings. The van der Waals surface area contributed by atoms with Gasteiger partial charge in [0.1, 0.15) is 11.4 Å². The second-order valence-corrected chi connectivity index (χ2v) is 7.91. The van der Waals surface area contributed by atoms with Gasteiger partial charge in [0, 0.05) is 23.1 Å². The van der Waals surface area contributed by atoms with Crippen LogP contribution in [-0.4, -0.2) is 35.2 Å². The number of nitrogens with one attached hydrogen (secondary N) is 1. The van der Waals surface area contributed by atoms with E-state index in [1.807, 2.05) is 6.92 Å². The number of carboxylic acid groups (broad SMARTS) is 1. The standard InChI is InChI=1S/C18H20FNO4S/c1-4-24-14-9-18(16(22)23,17(14,2)3)20-15(21)13-8-10-7-11(19)5-6-12(10)25-13/h5-8,14H,4,9H2,1-3H3,(H,20,21)(H,22,23). The molecule has 2 N–H and O–H groups in total. The second kappa shape index (κ2) is 6.07. The third kappa shape index (κ3) is 2.71. The number of ether oxygens (including phenoxy) is 1. The summed E-state index contributed by atoms with van der Waals surface area (Å²) >= 11 is 1.21. The number of benzene rings is 1. The number of fused-ring (bicyclic) bond motifs is 1. The minimum atomic E-state index is -1.38. The van der Waals surface area contributed by atoms with Gasteiger partial charge in [-0.3, -0.25) is 4.79 Å². The summed E-state index contributed by atoms with van der Waals surface area (Å²) in [5.41, 5.74) is -2.13. The Morgan fingerprint density at radius 2 is 2.12 bits per heavy atom. The smallest absolute Gasteiger partial charge is 0.330 e. The summed E-state index contributed by atoms with van der Waals surface area (Å²) in [6.45, 7) is 5.91. The van der Waals surface area contributed by atoms with Crippen molar-refractivity contribution in [2.24, 2.45) is 5.41 Å². The summed E-state index contributed by atoms with van der Waals surface area (Å²) in [5, 5.41) is 13.1. The van der Waals surface area contributed by atoms with Crippen molar-refractivity contribution in [2.45, 2.75) is 38.8 Å². The zero-order valence-corrected chi connectivity index (χ0v) is 15.1. The molecule has 0 radical (unpaired) electrons. The summed E-state index contributed by atoms with van der Waals surface area (Å²) < 4.78 is 19.7. The number of hydrogen-bond acceptors (Lipinski definition) is 4. The molecule has 5 nitrogen and oxygen atoms in total. The lowest BCUT2D eigenvalue weighted by Crippen LogP contribution is -2.76. The fourth-order valence-electron chi connectivity index (χ4n) is 3.42. The number of carbonyl (C=O) groups excluding carboxylic acids is 1. The van der Waals surface area contributed by atoms with E-state index in [0.29, 0.717) is 16.9 Å². The molecule has 1 aliphatic carbocycles. The normalized spacial score (nSPS) is 24.7. The predicted octanol–water partition coefficient (Wildman–Crippen LogP) is 3.43. The number of thiophene rings is 1. The van der Waals surface area contributed by atoms with E-state index in [1.54, 1.807) is 26.0 Å². The molecular weight excluding hydrogens is 345 g/mol. The van der Waals surface area contributed by atoms with Gasteiger partial charge in [0.15, 0.2) is 0 Å². The lowest BCUT2D eigenvalue weighted by molar-refractivity contribution is -0.190. The summed E-state index contributed by atoms with van der Waals surface area (Å²) in [6, 6.07) is 5.88. The number of carboxylic acids is 1. The molecule has 1 aliphatic rings. The van der Waals surface area contributed by atoms with Gasteiger partial charge in [-0.1, -0.05) is 13.8 Å². The van der Waals surface area contributed by atoms with Crippen LogP contribution < -0.4 is 5.32 Å². The predicted molar refractivity (Wildman–Crippen MR) is 93.4 cm³/mol. The zero-order chi connectivity index (χ0) is 18.4. The Kier molecular flexibility index (Phi) is 4.33. The molecule has 134 valence electrons. The molecule has 25 heavy (non-hydrogen) atoms. The average molecular weight is 365 g/mol. The quantitative estimate of drug-likeness (QED) is 0.851. The lowest BCUT2D eigenvalue weighted by atomic mass is 9.54. The highest BCUT2D eigenvalue weighted by Crippen LogP contribution is 2.51. The van der Waals surface area contributed by atoms with Crippen LogP contribution in [0.3, 0.4) is 0 Å². The fraction of sp³-hybridized carbons (Fsp3) is 0.444. The molecule has 0 spiro atoms. The van der Waals surface area contributed by atoms with Crippen LogP contribution in [0.1, 0.15) is 36.9 Å². The Labute approximate surface area is 148 Å². The van der Waals surface area contributed by atoms with Gasteiger partial charge in [-0.15, -0.1) is 11.3 Å². The SMILES string of the molecule is CCOC1CC(NC(=O)c2cc3cc(F)ccc3s2)(C(=O)O)C1(C)C. The maximum absolute atomic E-state index is 13.3. The summed E-state index contributed by atoms with van der Waals surface area (Å²) in [6.07, 6.45) is -0.0144. The number of halogens is 1. The number of hydrogen-bond donors (Lipinski definition) is 2. The molecule has 1 aromatic heterocycles. The van der Waals surface area contributed by atoms with Crippen molar-refractivity contribution in [3.63, 3.8) is 0 Å². The molecule has 7 heteroatoms. The second-order valence-electron chi connectivity index (χ2n) is 6.83. The fourth-order valence-corrected chi connectivity index (χ4v) is 4.36. The molecular formula is C18H20FNO4S. The van der Waals surface area contributed by atoms with Gasteiger partial charge in [-0.05, 0) is 36.6 Å². The van der Waals surface area contributed by atoms with Crippen molar-refractivity contribution in [2.75, 3.05) is 6.61 Å². The van der Waals surface area contributed by atoms with Gasteiger partial charge in [0.05, 0.1) is 11.0 Å². The first-order valence-corrected chi connectivity index (χ1v) is 8.89. The Bertz CT molecular complexity index is 847. The molecule has 1 aromatic carbocycles. The van der Waals surface area contributed by atoms with Gasteiger partial charge < -0.3 is 15.2 Å². The maximum Gasteiger partial charge on any atom is 0.330 e. The van der Waals surface area contributed by atoms with Crippen LogP contribution in [0, 0.1) is 11.2 Å². The van der Waals surface area contributed by atoms with E-state index in [2.05, 4.69) is 5.32 Å². The first-order valence-electron chi connectivity index (χ1n) is 8.08. The van der Waals surface area contributed by atoms with Crippen molar-refractivity contribution >= 4 is 33.3 Å². The van der Waals surface area contributed by atoms with Crippen LogP contribution in [0.2, 0.25) is 0 Å². The molecule has 2 unspecified atom stereocenters. The van der Waals surface area contributed by atoms with Gasteiger partial charge in [-0.25, -0.2) is 9.18 Å². The molecule has 0 aliphatic heterocycles. The molecule has 1 saturated carbocycles. The number of carbonyl (C=O) groups is 2. The summed E-state index contributed by atoms with van der Waals surface area (Å²) in [5.74, 6) is -1.92. The highest BCUT2D eigenvalue weighted by atomic mass is 32.1. The maximum atomic E-state index is 13.3.